The van der Waals surface area contributed by atoms with Crippen LogP contribution in [0, 0.1) is 6.92 Å². The van der Waals surface area contributed by atoms with Crippen LogP contribution in [0.5, 0.6) is 0 Å². The van der Waals surface area contributed by atoms with Crippen molar-refractivity contribution in [2.75, 3.05) is 5.32 Å². The van der Waals surface area contributed by atoms with E-state index < -0.39 is 15.6 Å². The van der Waals surface area contributed by atoms with Gasteiger partial charge in [0.15, 0.2) is 5.13 Å². The smallest absolute Gasteiger partial charge is 0.257 e. The van der Waals surface area contributed by atoms with Gasteiger partial charge in [-0.2, -0.15) is 0 Å². The van der Waals surface area contributed by atoms with Crippen molar-refractivity contribution in [3.8, 4) is 0 Å². The minimum atomic E-state index is -3.73. The third-order valence-corrected chi connectivity index (χ3v) is 6.43. The molecule has 1 aromatic heterocycles. The summed E-state index contributed by atoms with van der Waals surface area (Å²) in [5.74, 6) is -0.389. The lowest BCUT2D eigenvalue weighted by Gasteiger charge is -2.20. The Morgan fingerprint density at radius 2 is 1.81 bits per heavy atom. The van der Waals surface area contributed by atoms with E-state index >= 15 is 0 Å². The normalized spacial score (nSPS) is 12.3. The first-order chi connectivity index (χ1) is 12.5. The van der Waals surface area contributed by atoms with Gasteiger partial charge in [-0.1, -0.05) is 29.5 Å². The van der Waals surface area contributed by atoms with E-state index in [0.29, 0.717) is 16.3 Å². The minimum absolute atomic E-state index is 0.0532. The Labute approximate surface area is 162 Å². The number of para-hydroxylation sites is 1. The van der Waals surface area contributed by atoms with E-state index in [9.17, 15) is 13.2 Å². The SMILES string of the molecule is Cc1ccc(S(=O)(=O)NC(C)(C)C)cc1C(=O)Nc1nc2ccccc2s1. The molecule has 0 aliphatic carbocycles. The standard InChI is InChI=1S/C19H21N3O3S2/c1-12-9-10-13(27(24,25)22-19(2,3)4)11-14(12)17(23)21-18-20-15-7-5-6-8-16(15)26-18/h5-11,22H,1-4H3,(H,20,21,23). The van der Waals surface area contributed by atoms with Gasteiger partial charge >= 0.3 is 0 Å². The Morgan fingerprint density at radius 1 is 1.11 bits per heavy atom. The molecule has 142 valence electrons. The van der Waals surface area contributed by atoms with Crippen molar-refractivity contribution in [2.24, 2.45) is 0 Å². The fraction of sp³-hybridized carbons (Fsp3) is 0.263. The largest absolute Gasteiger partial charge is 0.298 e. The molecule has 1 amide bonds. The molecular formula is C19H21N3O3S2. The van der Waals surface area contributed by atoms with Gasteiger partial charge in [0, 0.05) is 11.1 Å². The zero-order valence-corrected chi connectivity index (χ0v) is 17.2. The first-order valence-electron chi connectivity index (χ1n) is 8.37. The van der Waals surface area contributed by atoms with E-state index in [2.05, 4.69) is 15.0 Å². The summed E-state index contributed by atoms with van der Waals surface area (Å²) >= 11 is 1.37. The molecule has 0 atom stereocenters. The average Bonchev–Trinajstić information content (AvgIpc) is 2.94. The molecule has 0 bridgehead atoms. The molecule has 0 radical (unpaired) electrons. The maximum atomic E-state index is 12.7. The summed E-state index contributed by atoms with van der Waals surface area (Å²) in [6, 6.07) is 12.1. The number of carbonyl (C=O) groups is 1. The Bertz CT molecular complexity index is 1080. The lowest BCUT2D eigenvalue weighted by molar-refractivity contribution is 0.102. The van der Waals surface area contributed by atoms with E-state index in [4.69, 9.17) is 0 Å². The Morgan fingerprint density at radius 3 is 2.48 bits per heavy atom. The molecule has 0 saturated heterocycles. The molecule has 6 nitrogen and oxygen atoms in total. The number of nitrogens with zero attached hydrogens (tertiary/aromatic N) is 1. The van der Waals surface area contributed by atoms with Gasteiger partial charge in [-0.3, -0.25) is 10.1 Å². The highest BCUT2D eigenvalue weighted by atomic mass is 32.2. The zero-order valence-electron chi connectivity index (χ0n) is 15.5. The zero-order chi connectivity index (χ0) is 19.8. The summed E-state index contributed by atoms with van der Waals surface area (Å²) in [4.78, 5) is 17.2. The van der Waals surface area contributed by atoms with Crippen LogP contribution in [0.3, 0.4) is 0 Å². The molecule has 3 rings (SSSR count). The van der Waals surface area contributed by atoms with Crippen LogP contribution in [-0.4, -0.2) is 24.8 Å². The second kappa shape index (κ2) is 7.03. The molecule has 0 fully saturated rings. The molecule has 2 N–H and O–H groups in total. The van der Waals surface area contributed by atoms with Crippen molar-refractivity contribution in [2.45, 2.75) is 38.1 Å². The quantitative estimate of drug-likeness (QED) is 0.691. The molecule has 0 aliphatic rings. The van der Waals surface area contributed by atoms with Gasteiger partial charge in [0.25, 0.3) is 5.91 Å². The van der Waals surface area contributed by atoms with Crippen molar-refractivity contribution in [1.82, 2.24) is 9.71 Å². The van der Waals surface area contributed by atoms with Crippen LogP contribution in [-0.2, 0) is 10.0 Å². The number of carbonyl (C=O) groups excluding carboxylic acids is 1. The molecular weight excluding hydrogens is 382 g/mol. The van der Waals surface area contributed by atoms with Crippen LogP contribution in [0.15, 0.2) is 47.4 Å². The van der Waals surface area contributed by atoms with Crippen molar-refractivity contribution in [3.05, 3.63) is 53.6 Å². The number of hydrogen-bond acceptors (Lipinski definition) is 5. The lowest BCUT2D eigenvalue weighted by atomic mass is 10.1. The first kappa shape index (κ1) is 19.5. The number of nitrogens with one attached hydrogen (secondary N) is 2. The van der Waals surface area contributed by atoms with E-state index in [1.165, 1.54) is 23.5 Å². The monoisotopic (exact) mass is 403 g/mol. The second-order valence-corrected chi connectivity index (χ2v) is 9.99. The summed E-state index contributed by atoms with van der Waals surface area (Å²) < 4.78 is 28.7. The molecule has 8 heteroatoms. The predicted molar refractivity (Wildman–Crippen MR) is 109 cm³/mol. The topological polar surface area (TPSA) is 88.2 Å². The summed E-state index contributed by atoms with van der Waals surface area (Å²) in [5, 5.41) is 3.24. The van der Waals surface area contributed by atoms with Gasteiger partial charge in [-0.15, -0.1) is 0 Å². The fourth-order valence-electron chi connectivity index (χ4n) is 2.57. The number of aryl methyl sites for hydroxylation is 1. The average molecular weight is 404 g/mol. The van der Waals surface area contributed by atoms with Gasteiger partial charge in [0.2, 0.25) is 10.0 Å². The van der Waals surface area contributed by atoms with Gasteiger partial charge in [-0.25, -0.2) is 18.1 Å². The number of thiazole rings is 1. The van der Waals surface area contributed by atoms with Gasteiger partial charge < -0.3 is 0 Å². The Hall–Kier alpha value is -2.29. The van der Waals surface area contributed by atoms with E-state index in [1.54, 1.807) is 33.8 Å². The van der Waals surface area contributed by atoms with Crippen LogP contribution < -0.4 is 10.0 Å². The van der Waals surface area contributed by atoms with Crippen molar-refractivity contribution in [1.29, 1.82) is 0 Å². The molecule has 0 saturated carbocycles. The highest BCUT2D eigenvalue weighted by Crippen LogP contribution is 2.26. The third kappa shape index (κ3) is 4.52. The summed E-state index contributed by atoms with van der Waals surface area (Å²) in [6.45, 7) is 7.05. The summed E-state index contributed by atoms with van der Waals surface area (Å²) in [6.07, 6.45) is 0. The molecule has 2 aromatic carbocycles. The highest BCUT2D eigenvalue weighted by Gasteiger charge is 2.23. The lowest BCUT2D eigenvalue weighted by Crippen LogP contribution is -2.40. The van der Waals surface area contributed by atoms with Crippen molar-refractivity contribution in [3.63, 3.8) is 0 Å². The van der Waals surface area contributed by atoms with Crippen LogP contribution in [0.25, 0.3) is 10.2 Å². The number of hydrogen-bond donors (Lipinski definition) is 2. The molecule has 0 unspecified atom stereocenters. The van der Waals surface area contributed by atoms with E-state index in [1.807, 2.05) is 24.3 Å². The molecule has 3 aromatic rings. The maximum absolute atomic E-state index is 12.7. The Balaban J connectivity index is 1.90. The van der Waals surface area contributed by atoms with Crippen molar-refractivity contribution < 1.29 is 13.2 Å². The second-order valence-electron chi connectivity index (χ2n) is 7.27. The van der Waals surface area contributed by atoms with Gasteiger partial charge in [0.05, 0.1) is 15.1 Å². The third-order valence-electron chi connectivity index (χ3n) is 3.72. The minimum Gasteiger partial charge on any atom is -0.298 e. The Kier molecular flexibility index (Phi) is 5.07. The number of amides is 1. The molecule has 0 aliphatic heterocycles. The van der Waals surface area contributed by atoms with Crippen LogP contribution >= 0.6 is 11.3 Å². The van der Waals surface area contributed by atoms with Crippen molar-refractivity contribution >= 4 is 42.6 Å². The number of sulfonamides is 1. The number of benzene rings is 2. The number of aromatic nitrogens is 1. The van der Waals surface area contributed by atoms with Gasteiger partial charge in [-0.05, 0) is 57.5 Å². The molecule has 0 spiro atoms. The molecule has 27 heavy (non-hydrogen) atoms. The predicted octanol–water partition coefficient (Wildman–Crippen LogP) is 3.93. The van der Waals surface area contributed by atoms with Crippen LogP contribution in [0.1, 0.15) is 36.7 Å². The fourth-order valence-corrected chi connectivity index (χ4v) is 4.87. The number of fused-ring (bicyclic) bond motifs is 1. The number of anilines is 1. The highest BCUT2D eigenvalue weighted by molar-refractivity contribution is 7.89. The summed E-state index contributed by atoms with van der Waals surface area (Å²) in [5.41, 5.74) is 1.17. The summed E-state index contributed by atoms with van der Waals surface area (Å²) in [7, 11) is -3.73. The maximum Gasteiger partial charge on any atom is 0.257 e. The van der Waals surface area contributed by atoms with Crippen LogP contribution in [0.2, 0.25) is 0 Å². The number of rotatable bonds is 4. The van der Waals surface area contributed by atoms with E-state index in [-0.39, 0.29) is 10.8 Å². The van der Waals surface area contributed by atoms with Crippen LogP contribution in [0.4, 0.5) is 5.13 Å². The first-order valence-corrected chi connectivity index (χ1v) is 10.7. The van der Waals surface area contributed by atoms with Gasteiger partial charge in [0.1, 0.15) is 0 Å². The molecule has 1 heterocycles. The van der Waals surface area contributed by atoms with E-state index in [0.717, 1.165) is 10.2 Å².